The van der Waals surface area contributed by atoms with Gasteiger partial charge in [0.05, 0.1) is 0 Å². The van der Waals surface area contributed by atoms with Crippen molar-refractivity contribution in [2.45, 2.75) is 38.6 Å². The van der Waals surface area contributed by atoms with Crippen LogP contribution in [-0.2, 0) is 0 Å². The van der Waals surface area contributed by atoms with E-state index < -0.39 is 0 Å². The number of hydrogen-bond acceptors (Lipinski definition) is 2. The van der Waals surface area contributed by atoms with Gasteiger partial charge in [0.1, 0.15) is 5.75 Å². The fourth-order valence-corrected chi connectivity index (χ4v) is 2.40. The van der Waals surface area contributed by atoms with Crippen LogP contribution in [0, 0.1) is 0 Å². The maximum atomic E-state index is 12.0. The summed E-state index contributed by atoms with van der Waals surface area (Å²) in [6.45, 7) is 2.72. The van der Waals surface area contributed by atoms with E-state index in [2.05, 4.69) is 0 Å². The Kier molecular flexibility index (Phi) is 4.02. The maximum absolute atomic E-state index is 12.0. The highest BCUT2D eigenvalue weighted by atomic mass is 16.6. The average molecular weight is 233 g/mol. The molecule has 92 valence electrons. The van der Waals surface area contributed by atoms with Crippen LogP contribution < -0.4 is 4.74 Å². The van der Waals surface area contributed by atoms with Gasteiger partial charge in [0, 0.05) is 12.6 Å². The van der Waals surface area contributed by atoms with Crippen molar-refractivity contribution in [1.82, 2.24) is 4.90 Å². The zero-order valence-corrected chi connectivity index (χ0v) is 10.3. The molecule has 3 nitrogen and oxygen atoms in total. The molecule has 17 heavy (non-hydrogen) atoms. The SMILES string of the molecule is CCN(C(=O)Oc1ccccc1)C1CCCC1. The normalized spacial score (nSPS) is 15.8. The summed E-state index contributed by atoms with van der Waals surface area (Å²) in [5.41, 5.74) is 0. The van der Waals surface area contributed by atoms with Crippen LogP contribution in [-0.4, -0.2) is 23.6 Å². The Bertz CT molecular complexity index is 358. The Morgan fingerprint density at radius 2 is 1.94 bits per heavy atom. The molecule has 1 fully saturated rings. The second-order valence-electron chi connectivity index (χ2n) is 4.41. The first-order valence-corrected chi connectivity index (χ1v) is 6.34. The average Bonchev–Trinajstić information content (AvgIpc) is 2.85. The molecule has 0 heterocycles. The maximum Gasteiger partial charge on any atom is 0.415 e. The molecule has 0 spiro atoms. The molecule has 1 saturated carbocycles. The van der Waals surface area contributed by atoms with Gasteiger partial charge in [0.15, 0.2) is 0 Å². The van der Waals surface area contributed by atoms with Crippen LogP contribution in [0.2, 0.25) is 0 Å². The first kappa shape index (κ1) is 12.0. The third kappa shape index (κ3) is 2.99. The lowest BCUT2D eigenvalue weighted by atomic mass is 10.2. The van der Waals surface area contributed by atoms with Crippen LogP contribution >= 0.6 is 0 Å². The van der Waals surface area contributed by atoms with E-state index >= 15 is 0 Å². The summed E-state index contributed by atoms with van der Waals surface area (Å²) < 4.78 is 5.37. The van der Waals surface area contributed by atoms with Gasteiger partial charge in [-0.05, 0) is 31.9 Å². The molecular weight excluding hydrogens is 214 g/mol. The van der Waals surface area contributed by atoms with E-state index in [1.165, 1.54) is 12.8 Å². The van der Waals surface area contributed by atoms with E-state index in [4.69, 9.17) is 4.74 Å². The lowest BCUT2D eigenvalue weighted by Crippen LogP contribution is -2.40. The fraction of sp³-hybridized carbons (Fsp3) is 0.500. The Labute approximate surface area is 102 Å². The minimum absolute atomic E-state index is 0.217. The third-order valence-corrected chi connectivity index (χ3v) is 3.29. The molecule has 0 bridgehead atoms. The highest BCUT2D eigenvalue weighted by molar-refractivity contribution is 5.71. The van der Waals surface area contributed by atoms with Gasteiger partial charge >= 0.3 is 6.09 Å². The van der Waals surface area contributed by atoms with Gasteiger partial charge in [-0.3, -0.25) is 0 Å². The number of rotatable bonds is 3. The van der Waals surface area contributed by atoms with Crippen LogP contribution in [0.1, 0.15) is 32.6 Å². The number of benzene rings is 1. The largest absolute Gasteiger partial charge is 0.415 e. The highest BCUT2D eigenvalue weighted by Gasteiger charge is 2.26. The highest BCUT2D eigenvalue weighted by Crippen LogP contribution is 2.24. The summed E-state index contributed by atoms with van der Waals surface area (Å²) in [6, 6.07) is 9.63. The molecule has 0 aliphatic heterocycles. The lowest BCUT2D eigenvalue weighted by molar-refractivity contribution is 0.135. The number of amides is 1. The molecule has 2 rings (SSSR count). The van der Waals surface area contributed by atoms with Crippen LogP contribution in [0.25, 0.3) is 0 Å². The Morgan fingerprint density at radius 3 is 2.53 bits per heavy atom. The molecule has 0 N–H and O–H groups in total. The minimum atomic E-state index is -0.217. The monoisotopic (exact) mass is 233 g/mol. The quantitative estimate of drug-likeness (QED) is 0.800. The number of carbonyl (C=O) groups is 1. The number of carbonyl (C=O) groups excluding carboxylic acids is 1. The molecule has 0 saturated heterocycles. The fourth-order valence-electron chi connectivity index (χ4n) is 2.40. The predicted octanol–water partition coefficient (Wildman–Crippen LogP) is 3.45. The van der Waals surface area contributed by atoms with Gasteiger partial charge in [0.2, 0.25) is 0 Å². The number of ether oxygens (including phenoxy) is 1. The van der Waals surface area contributed by atoms with Crippen molar-refractivity contribution in [2.75, 3.05) is 6.54 Å². The Hall–Kier alpha value is -1.51. The van der Waals surface area contributed by atoms with Crippen LogP contribution in [0.4, 0.5) is 4.79 Å². The van der Waals surface area contributed by atoms with E-state index in [-0.39, 0.29) is 6.09 Å². The van der Waals surface area contributed by atoms with Gasteiger partial charge < -0.3 is 9.64 Å². The molecule has 1 aromatic rings. The summed E-state index contributed by atoms with van der Waals surface area (Å²) in [5.74, 6) is 0.619. The Morgan fingerprint density at radius 1 is 1.29 bits per heavy atom. The van der Waals surface area contributed by atoms with Crippen molar-refractivity contribution in [3.63, 3.8) is 0 Å². The van der Waals surface area contributed by atoms with E-state index in [9.17, 15) is 4.79 Å². The number of nitrogens with zero attached hydrogens (tertiary/aromatic N) is 1. The van der Waals surface area contributed by atoms with Crippen molar-refractivity contribution in [2.24, 2.45) is 0 Å². The summed E-state index contributed by atoms with van der Waals surface area (Å²) in [5, 5.41) is 0. The zero-order valence-electron chi connectivity index (χ0n) is 10.3. The van der Waals surface area contributed by atoms with E-state index in [0.29, 0.717) is 11.8 Å². The third-order valence-electron chi connectivity index (χ3n) is 3.29. The smallest absolute Gasteiger partial charge is 0.410 e. The van der Waals surface area contributed by atoms with Crippen LogP contribution in [0.15, 0.2) is 30.3 Å². The lowest BCUT2D eigenvalue weighted by Gasteiger charge is -2.26. The topological polar surface area (TPSA) is 29.5 Å². The summed E-state index contributed by atoms with van der Waals surface area (Å²) in [6.07, 6.45) is 4.44. The summed E-state index contributed by atoms with van der Waals surface area (Å²) >= 11 is 0. The van der Waals surface area contributed by atoms with Crippen LogP contribution in [0.5, 0.6) is 5.75 Å². The van der Waals surface area contributed by atoms with E-state index in [1.807, 2.05) is 30.0 Å². The zero-order chi connectivity index (χ0) is 12.1. The van der Waals surface area contributed by atoms with Gasteiger partial charge in [-0.1, -0.05) is 31.0 Å². The van der Waals surface area contributed by atoms with Gasteiger partial charge in [-0.25, -0.2) is 4.79 Å². The van der Waals surface area contributed by atoms with Crippen molar-refractivity contribution in [3.8, 4) is 5.75 Å². The van der Waals surface area contributed by atoms with Gasteiger partial charge in [0.25, 0.3) is 0 Å². The van der Waals surface area contributed by atoms with Crippen molar-refractivity contribution in [1.29, 1.82) is 0 Å². The molecule has 3 heteroatoms. The molecule has 0 atom stereocenters. The van der Waals surface area contributed by atoms with Gasteiger partial charge in [-0.15, -0.1) is 0 Å². The first-order valence-electron chi connectivity index (χ1n) is 6.34. The minimum Gasteiger partial charge on any atom is -0.410 e. The van der Waals surface area contributed by atoms with E-state index in [0.717, 1.165) is 19.4 Å². The van der Waals surface area contributed by atoms with Crippen LogP contribution in [0.3, 0.4) is 0 Å². The predicted molar refractivity (Wildman–Crippen MR) is 67.1 cm³/mol. The molecule has 0 aromatic heterocycles. The summed E-state index contributed by atoms with van der Waals surface area (Å²) in [4.78, 5) is 13.9. The number of para-hydroxylation sites is 1. The van der Waals surface area contributed by atoms with Crippen molar-refractivity contribution in [3.05, 3.63) is 30.3 Å². The second-order valence-corrected chi connectivity index (χ2v) is 4.41. The van der Waals surface area contributed by atoms with E-state index in [1.54, 1.807) is 12.1 Å². The molecule has 1 amide bonds. The second kappa shape index (κ2) is 5.71. The summed E-state index contributed by atoms with van der Waals surface area (Å²) in [7, 11) is 0. The molecule has 0 radical (unpaired) electrons. The number of hydrogen-bond donors (Lipinski definition) is 0. The standard InChI is InChI=1S/C14H19NO2/c1-2-15(12-8-6-7-9-12)14(16)17-13-10-4-3-5-11-13/h3-5,10-12H,2,6-9H2,1H3. The van der Waals surface area contributed by atoms with Gasteiger partial charge in [-0.2, -0.15) is 0 Å². The first-order chi connectivity index (χ1) is 8.31. The Balaban J connectivity index is 1.97. The molecule has 1 aliphatic carbocycles. The molecular formula is C14H19NO2. The van der Waals surface area contributed by atoms with Crippen molar-refractivity contribution < 1.29 is 9.53 Å². The molecule has 0 unspecified atom stereocenters. The molecule has 1 aromatic carbocycles. The molecule has 1 aliphatic rings. The van der Waals surface area contributed by atoms with Crippen molar-refractivity contribution >= 4 is 6.09 Å².